The zero-order valence-corrected chi connectivity index (χ0v) is 16.7. The lowest BCUT2D eigenvalue weighted by molar-refractivity contribution is -0.140. The Kier molecular flexibility index (Phi) is 5.72. The number of hydrogen-bond acceptors (Lipinski definition) is 4. The first-order chi connectivity index (χ1) is 14.8. The molecule has 0 bridgehead atoms. The van der Waals surface area contributed by atoms with Gasteiger partial charge in [-0.2, -0.15) is 18.3 Å². The molecule has 6 nitrogen and oxygen atoms in total. The molecule has 31 heavy (non-hydrogen) atoms. The third-order valence-electron chi connectivity index (χ3n) is 5.84. The number of piperidine rings is 1. The number of halogens is 3. The Balaban J connectivity index is 1.60. The molecule has 2 aromatic carbocycles. The zero-order chi connectivity index (χ0) is 22.1. The molecule has 1 aliphatic rings. The number of alkyl halides is 3. The summed E-state index contributed by atoms with van der Waals surface area (Å²) in [5, 5.41) is 21.6. The number of aliphatic hydroxyl groups is 1. The third kappa shape index (κ3) is 4.42. The monoisotopic (exact) mass is 432 g/mol. The van der Waals surface area contributed by atoms with Crippen molar-refractivity contribution in [2.75, 3.05) is 19.6 Å². The van der Waals surface area contributed by atoms with Gasteiger partial charge in [-0.15, -0.1) is 0 Å². The Morgan fingerprint density at radius 2 is 1.90 bits per heavy atom. The smallest absolute Gasteiger partial charge is 0.389 e. The highest BCUT2D eigenvalue weighted by Crippen LogP contribution is 2.34. The van der Waals surface area contributed by atoms with Crippen LogP contribution in [0.25, 0.3) is 10.9 Å². The van der Waals surface area contributed by atoms with Crippen molar-refractivity contribution in [1.29, 1.82) is 0 Å². The Morgan fingerprint density at radius 3 is 2.61 bits per heavy atom. The number of carbonyl (C=O) groups is 1. The summed E-state index contributed by atoms with van der Waals surface area (Å²) in [4.78, 5) is 14.8. The molecule has 0 spiro atoms. The molecule has 0 aliphatic carbocycles. The summed E-state index contributed by atoms with van der Waals surface area (Å²) in [5.41, 5.74) is 0.486. The SMILES string of the molecule is O=C(N[C@]1(c2ccccc2)CCN(CCC(F)(F)F)C[C@H]1O)c1n[nH]c2ccccc12. The number of rotatable bonds is 5. The van der Waals surface area contributed by atoms with Crippen molar-refractivity contribution in [3.63, 3.8) is 0 Å². The fraction of sp³-hybridized carbons (Fsp3) is 0.364. The van der Waals surface area contributed by atoms with Gasteiger partial charge in [0.15, 0.2) is 5.69 Å². The number of nitrogens with zero attached hydrogens (tertiary/aromatic N) is 2. The second-order valence-electron chi connectivity index (χ2n) is 7.84. The van der Waals surface area contributed by atoms with Gasteiger partial charge in [-0.1, -0.05) is 48.5 Å². The van der Waals surface area contributed by atoms with Crippen LogP contribution in [0.3, 0.4) is 0 Å². The van der Waals surface area contributed by atoms with Crippen molar-refractivity contribution < 1.29 is 23.1 Å². The Morgan fingerprint density at radius 1 is 1.19 bits per heavy atom. The van der Waals surface area contributed by atoms with E-state index in [1.54, 1.807) is 47.4 Å². The number of carbonyl (C=O) groups excluding carboxylic acids is 1. The van der Waals surface area contributed by atoms with Crippen molar-refractivity contribution >= 4 is 16.8 Å². The summed E-state index contributed by atoms with van der Waals surface area (Å²) in [6, 6.07) is 16.2. The summed E-state index contributed by atoms with van der Waals surface area (Å²) in [6.07, 6.45) is -6.02. The van der Waals surface area contributed by atoms with Crippen LogP contribution in [0.4, 0.5) is 13.2 Å². The summed E-state index contributed by atoms with van der Waals surface area (Å²) in [5.74, 6) is -0.455. The molecule has 4 rings (SSSR count). The molecule has 1 aromatic heterocycles. The van der Waals surface area contributed by atoms with Crippen LogP contribution in [-0.4, -0.2) is 58.0 Å². The molecule has 1 aliphatic heterocycles. The molecule has 0 saturated carbocycles. The van der Waals surface area contributed by atoms with E-state index in [1.165, 1.54) is 0 Å². The summed E-state index contributed by atoms with van der Waals surface area (Å²) < 4.78 is 37.9. The number of β-amino-alcohol motifs (C(OH)–C–C–N with tert-alkyl or cyclic N) is 1. The van der Waals surface area contributed by atoms with Crippen molar-refractivity contribution in [2.45, 2.75) is 30.7 Å². The van der Waals surface area contributed by atoms with Crippen LogP contribution in [0, 0.1) is 0 Å². The quantitative estimate of drug-likeness (QED) is 0.578. The predicted octanol–water partition coefficient (Wildman–Crippen LogP) is 3.21. The minimum Gasteiger partial charge on any atom is -0.389 e. The van der Waals surface area contributed by atoms with Crippen molar-refractivity contribution in [3.8, 4) is 0 Å². The average molecular weight is 432 g/mol. The van der Waals surface area contributed by atoms with Gasteiger partial charge >= 0.3 is 6.18 Å². The minimum absolute atomic E-state index is 0.0204. The highest BCUT2D eigenvalue weighted by molar-refractivity contribution is 6.05. The van der Waals surface area contributed by atoms with Crippen LogP contribution in [0.1, 0.15) is 28.9 Å². The summed E-state index contributed by atoms with van der Waals surface area (Å²) in [7, 11) is 0. The summed E-state index contributed by atoms with van der Waals surface area (Å²) >= 11 is 0. The number of fused-ring (bicyclic) bond motifs is 1. The van der Waals surface area contributed by atoms with Crippen LogP contribution < -0.4 is 5.32 Å². The van der Waals surface area contributed by atoms with Crippen LogP contribution >= 0.6 is 0 Å². The molecular formula is C22H23F3N4O2. The molecule has 2 atom stereocenters. The van der Waals surface area contributed by atoms with E-state index in [-0.39, 0.29) is 25.2 Å². The highest BCUT2D eigenvalue weighted by Gasteiger charge is 2.45. The van der Waals surface area contributed by atoms with Gasteiger partial charge in [-0.05, 0) is 18.1 Å². The number of aliphatic hydroxyl groups excluding tert-OH is 1. The van der Waals surface area contributed by atoms with E-state index in [4.69, 9.17) is 0 Å². The van der Waals surface area contributed by atoms with E-state index in [2.05, 4.69) is 15.5 Å². The van der Waals surface area contributed by atoms with E-state index in [0.717, 1.165) is 0 Å². The lowest BCUT2D eigenvalue weighted by Crippen LogP contribution is -2.62. The van der Waals surface area contributed by atoms with Gasteiger partial charge < -0.3 is 15.3 Å². The normalized spacial score (nSPS) is 22.5. The fourth-order valence-corrected chi connectivity index (χ4v) is 4.17. The number of hydrogen-bond donors (Lipinski definition) is 3. The largest absolute Gasteiger partial charge is 0.390 e. The number of aromatic amines is 1. The van der Waals surface area contributed by atoms with Crippen LogP contribution in [-0.2, 0) is 5.54 Å². The maximum Gasteiger partial charge on any atom is 0.390 e. The minimum atomic E-state index is -4.26. The molecule has 164 valence electrons. The molecule has 3 aromatic rings. The molecule has 1 amide bonds. The van der Waals surface area contributed by atoms with E-state index in [9.17, 15) is 23.1 Å². The van der Waals surface area contributed by atoms with Gasteiger partial charge in [0.2, 0.25) is 0 Å². The number of amides is 1. The van der Waals surface area contributed by atoms with Gasteiger partial charge in [0.05, 0.1) is 23.6 Å². The highest BCUT2D eigenvalue weighted by atomic mass is 19.4. The maximum atomic E-state index is 13.2. The first-order valence-electron chi connectivity index (χ1n) is 10.1. The van der Waals surface area contributed by atoms with E-state index in [1.807, 2.05) is 12.1 Å². The first-order valence-corrected chi connectivity index (χ1v) is 10.1. The summed E-state index contributed by atoms with van der Waals surface area (Å²) in [6.45, 7) is 0.138. The zero-order valence-electron chi connectivity index (χ0n) is 16.7. The van der Waals surface area contributed by atoms with Crippen molar-refractivity contribution in [1.82, 2.24) is 20.4 Å². The topological polar surface area (TPSA) is 81.2 Å². The fourth-order valence-electron chi connectivity index (χ4n) is 4.17. The van der Waals surface area contributed by atoms with Gasteiger partial charge in [-0.25, -0.2) is 0 Å². The molecular weight excluding hydrogens is 409 g/mol. The first kappa shape index (κ1) is 21.3. The number of para-hydroxylation sites is 1. The maximum absolute atomic E-state index is 13.2. The molecule has 0 radical (unpaired) electrons. The molecule has 3 N–H and O–H groups in total. The van der Waals surface area contributed by atoms with E-state index >= 15 is 0 Å². The number of H-pyrrole nitrogens is 1. The van der Waals surface area contributed by atoms with Gasteiger partial charge in [0.1, 0.15) is 0 Å². The van der Waals surface area contributed by atoms with Gasteiger partial charge in [0, 0.05) is 25.0 Å². The second kappa shape index (κ2) is 8.32. The average Bonchev–Trinajstić information content (AvgIpc) is 3.18. The predicted molar refractivity (Wildman–Crippen MR) is 109 cm³/mol. The lowest BCUT2D eigenvalue weighted by atomic mass is 9.78. The number of nitrogens with one attached hydrogen (secondary N) is 2. The van der Waals surface area contributed by atoms with Crippen molar-refractivity contribution in [2.24, 2.45) is 0 Å². The van der Waals surface area contributed by atoms with Gasteiger partial charge in [-0.3, -0.25) is 9.89 Å². The standard InChI is InChI=1S/C22H23F3N4O2/c23-22(24,25)11-13-29-12-10-21(18(30)14-29,15-6-2-1-3-7-15)26-20(31)19-16-8-4-5-9-17(16)27-28-19/h1-9,18,30H,10-14H2,(H,26,31)(H,27,28)/t18-,21+/m1/s1. The van der Waals surface area contributed by atoms with Crippen LogP contribution in [0.2, 0.25) is 0 Å². The molecule has 9 heteroatoms. The Labute approximate surface area is 177 Å². The molecule has 2 heterocycles. The van der Waals surface area contributed by atoms with Gasteiger partial charge in [0.25, 0.3) is 5.91 Å². The van der Waals surface area contributed by atoms with Crippen LogP contribution in [0.5, 0.6) is 0 Å². The Hall–Kier alpha value is -2.91. The van der Waals surface area contributed by atoms with E-state index in [0.29, 0.717) is 23.0 Å². The lowest BCUT2D eigenvalue weighted by Gasteiger charge is -2.46. The number of aromatic nitrogens is 2. The molecule has 0 unspecified atom stereocenters. The Bertz CT molecular complexity index is 1050. The van der Waals surface area contributed by atoms with Crippen molar-refractivity contribution in [3.05, 3.63) is 65.9 Å². The van der Waals surface area contributed by atoms with Crippen LogP contribution in [0.15, 0.2) is 54.6 Å². The molecule has 1 saturated heterocycles. The number of benzene rings is 2. The second-order valence-corrected chi connectivity index (χ2v) is 7.84. The number of likely N-dealkylation sites (tertiary alicyclic amines) is 1. The van der Waals surface area contributed by atoms with E-state index < -0.39 is 30.1 Å². The third-order valence-corrected chi connectivity index (χ3v) is 5.84. The molecule has 1 fully saturated rings.